The number of hydrogen-bond donors (Lipinski definition) is 1. The molecule has 0 aliphatic carbocycles. The van der Waals surface area contributed by atoms with Gasteiger partial charge in [0.15, 0.2) is 0 Å². The fourth-order valence-corrected chi connectivity index (χ4v) is 1.76. The number of nitrogens with zero attached hydrogens (tertiary/aromatic N) is 1. The van der Waals surface area contributed by atoms with Gasteiger partial charge in [-0.15, -0.1) is 6.58 Å². The Bertz CT molecular complexity index is 388. The van der Waals surface area contributed by atoms with Gasteiger partial charge in [-0.3, -0.25) is 4.90 Å². The topological polar surface area (TPSA) is 15.3 Å². The lowest BCUT2D eigenvalue weighted by atomic mass is 10.1. The normalized spacial score (nSPS) is 11.2. The van der Waals surface area contributed by atoms with E-state index in [4.69, 9.17) is 0 Å². The molecule has 2 nitrogen and oxygen atoms in total. The van der Waals surface area contributed by atoms with Gasteiger partial charge in [0, 0.05) is 31.2 Å². The lowest BCUT2D eigenvalue weighted by molar-refractivity contribution is 0.356. The Labute approximate surface area is 110 Å². The van der Waals surface area contributed by atoms with Crippen molar-refractivity contribution < 1.29 is 4.39 Å². The second-order valence-corrected chi connectivity index (χ2v) is 4.95. The van der Waals surface area contributed by atoms with Crippen molar-refractivity contribution in [3.8, 4) is 0 Å². The third kappa shape index (κ3) is 4.98. The summed E-state index contributed by atoms with van der Waals surface area (Å²) in [6.07, 6.45) is 1.82. The first kappa shape index (κ1) is 14.9. The smallest absolute Gasteiger partial charge is 0.127 e. The molecule has 0 aliphatic heterocycles. The molecule has 0 saturated heterocycles. The summed E-state index contributed by atoms with van der Waals surface area (Å²) in [5.41, 5.74) is 1.86. The van der Waals surface area contributed by atoms with E-state index >= 15 is 0 Å². The average molecular weight is 250 g/mol. The molecule has 1 aromatic carbocycles. The second kappa shape index (κ2) is 7.29. The molecule has 0 heterocycles. The van der Waals surface area contributed by atoms with Crippen LogP contribution in [0.4, 0.5) is 4.39 Å². The van der Waals surface area contributed by atoms with Crippen LogP contribution in [0, 0.1) is 5.82 Å². The Hall–Kier alpha value is -1.19. The van der Waals surface area contributed by atoms with Crippen LogP contribution < -0.4 is 5.32 Å². The minimum Gasteiger partial charge on any atom is -0.310 e. The Kier molecular flexibility index (Phi) is 6.02. The van der Waals surface area contributed by atoms with Gasteiger partial charge in [0.05, 0.1) is 0 Å². The minimum absolute atomic E-state index is 0.140. The van der Waals surface area contributed by atoms with Gasteiger partial charge in [0.1, 0.15) is 5.82 Å². The Morgan fingerprint density at radius 3 is 2.78 bits per heavy atom. The fourth-order valence-electron chi connectivity index (χ4n) is 1.76. The molecule has 3 heteroatoms. The molecule has 18 heavy (non-hydrogen) atoms. The summed E-state index contributed by atoms with van der Waals surface area (Å²) >= 11 is 0. The highest BCUT2D eigenvalue weighted by Gasteiger charge is 2.06. The zero-order chi connectivity index (χ0) is 13.5. The van der Waals surface area contributed by atoms with Gasteiger partial charge in [-0.05, 0) is 18.7 Å². The Morgan fingerprint density at radius 2 is 2.17 bits per heavy atom. The number of nitrogens with one attached hydrogen (secondary N) is 1. The lowest BCUT2D eigenvalue weighted by Crippen LogP contribution is -2.22. The third-order valence-corrected chi connectivity index (χ3v) is 2.71. The van der Waals surface area contributed by atoms with E-state index in [9.17, 15) is 4.39 Å². The third-order valence-electron chi connectivity index (χ3n) is 2.71. The van der Waals surface area contributed by atoms with Gasteiger partial charge in [-0.2, -0.15) is 0 Å². The van der Waals surface area contributed by atoms with Gasteiger partial charge in [-0.1, -0.05) is 32.1 Å². The molecule has 0 aliphatic rings. The van der Waals surface area contributed by atoms with Crippen LogP contribution in [-0.4, -0.2) is 24.5 Å². The molecule has 0 aromatic heterocycles. The highest BCUT2D eigenvalue weighted by molar-refractivity contribution is 5.25. The van der Waals surface area contributed by atoms with Crippen molar-refractivity contribution in [3.63, 3.8) is 0 Å². The van der Waals surface area contributed by atoms with Crippen LogP contribution in [-0.2, 0) is 13.1 Å². The van der Waals surface area contributed by atoms with E-state index < -0.39 is 0 Å². The predicted molar refractivity (Wildman–Crippen MR) is 74.9 cm³/mol. The highest BCUT2D eigenvalue weighted by atomic mass is 19.1. The van der Waals surface area contributed by atoms with Crippen molar-refractivity contribution in [1.82, 2.24) is 10.2 Å². The maximum atomic E-state index is 13.7. The largest absolute Gasteiger partial charge is 0.310 e. The van der Waals surface area contributed by atoms with E-state index in [-0.39, 0.29) is 5.82 Å². The number of hydrogen-bond acceptors (Lipinski definition) is 2. The summed E-state index contributed by atoms with van der Waals surface area (Å²) < 4.78 is 13.7. The first-order valence-corrected chi connectivity index (χ1v) is 6.33. The van der Waals surface area contributed by atoms with E-state index in [0.717, 1.165) is 24.2 Å². The summed E-state index contributed by atoms with van der Waals surface area (Å²) in [4.78, 5) is 2.03. The van der Waals surface area contributed by atoms with Gasteiger partial charge in [0.25, 0.3) is 0 Å². The molecule has 0 radical (unpaired) electrons. The number of benzene rings is 1. The molecule has 1 rings (SSSR count). The van der Waals surface area contributed by atoms with Gasteiger partial charge in [-0.25, -0.2) is 4.39 Å². The summed E-state index contributed by atoms with van der Waals surface area (Å²) in [5, 5.41) is 3.33. The highest BCUT2D eigenvalue weighted by Crippen LogP contribution is 2.13. The van der Waals surface area contributed by atoms with E-state index in [1.54, 1.807) is 6.07 Å². The predicted octanol–water partition coefficient (Wildman–Crippen LogP) is 2.94. The zero-order valence-electron chi connectivity index (χ0n) is 11.5. The molecule has 0 amide bonds. The average Bonchev–Trinajstić information content (AvgIpc) is 2.30. The SMILES string of the molecule is C=CCN(C)Cc1cc(CNC(C)C)ccc1F. The molecule has 0 fully saturated rings. The van der Waals surface area contributed by atoms with Crippen molar-refractivity contribution in [2.24, 2.45) is 0 Å². The van der Waals surface area contributed by atoms with E-state index in [1.807, 2.05) is 30.2 Å². The molecule has 1 aromatic rings. The van der Waals surface area contributed by atoms with Crippen molar-refractivity contribution in [2.45, 2.75) is 33.0 Å². The Morgan fingerprint density at radius 1 is 1.44 bits per heavy atom. The molecule has 0 spiro atoms. The van der Waals surface area contributed by atoms with Crippen LogP contribution in [0.2, 0.25) is 0 Å². The molecule has 0 atom stereocenters. The van der Waals surface area contributed by atoms with Crippen molar-refractivity contribution in [1.29, 1.82) is 0 Å². The molecule has 0 saturated carbocycles. The van der Waals surface area contributed by atoms with Crippen LogP contribution in [0.15, 0.2) is 30.9 Å². The van der Waals surface area contributed by atoms with Crippen molar-refractivity contribution in [3.05, 3.63) is 47.8 Å². The zero-order valence-corrected chi connectivity index (χ0v) is 11.5. The van der Waals surface area contributed by atoms with E-state index in [2.05, 4.69) is 25.7 Å². The van der Waals surface area contributed by atoms with Crippen molar-refractivity contribution in [2.75, 3.05) is 13.6 Å². The molecular formula is C15H23FN2. The van der Waals surface area contributed by atoms with E-state index in [0.29, 0.717) is 12.6 Å². The van der Waals surface area contributed by atoms with Crippen LogP contribution in [0.3, 0.4) is 0 Å². The summed E-state index contributed by atoms with van der Waals surface area (Å²) in [5.74, 6) is -0.140. The summed E-state index contributed by atoms with van der Waals surface area (Å²) in [6, 6.07) is 5.75. The molecule has 1 N–H and O–H groups in total. The number of rotatable bonds is 7. The van der Waals surface area contributed by atoms with Gasteiger partial charge in [0.2, 0.25) is 0 Å². The van der Waals surface area contributed by atoms with Crippen LogP contribution in [0.5, 0.6) is 0 Å². The number of likely N-dealkylation sites (N-methyl/N-ethyl adjacent to an activating group) is 1. The standard InChI is InChI=1S/C15H23FN2/c1-5-8-18(4)11-14-9-13(6-7-15(14)16)10-17-12(2)3/h5-7,9,12,17H,1,8,10-11H2,2-4H3. The molecular weight excluding hydrogens is 227 g/mol. The Balaban J connectivity index is 2.71. The van der Waals surface area contributed by atoms with Crippen molar-refractivity contribution >= 4 is 0 Å². The summed E-state index contributed by atoms with van der Waals surface area (Å²) in [7, 11) is 1.96. The molecule has 100 valence electrons. The van der Waals surface area contributed by atoms with E-state index in [1.165, 1.54) is 0 Å². The molecule has 0 unspecified atom stereocenters. The quantitative estimate of drug-likeness (QED) is 0.749. The van der Waals surface area contributed by atoms with Crippen LogP contribution in [0.25, 0.3) is 0 Å². The minimum atomic E-state index is -0.140. The first-order chi connectivity index (χ1) is 8.52. The second-order valence-electron chi connectivity index (χ2n) is 4.95. The van der Waals surface area contributed by atoms with Crippen LogP contribution >= 0.6 is 0 Å². The monoisotopic (exact) mass is 250 g/mol. The van der Waals surface area contributed by atoms with Crippen LogP contribution in [0.1, 0.15) is 25.0 Å². The molecule has 0 bridgehead atoms. The maximum Gasteiger partial charge on any atom is 0.127 e. The first-order valence-electron chi connectivity index (χ1n) is 6.33. The number of halogens is 1. The van der Waals surface area contributed by atoms with Gasteiger partial charge < -0.3 is 5.32 Å². The fraction of sp³-hybridized carbons (Fsp3) is 0.467. The maximum absolute atomic E-state index is 13.7. The van der Waals surface area contributed by atoms with Gasteiger partial charge >= 0.3 is 0 Å². The lowest BCUT2D eigenvalue weighted by Gasteiger charge is -2.16. The summed E-state index contributed by atoms with van der Waals surface area (Å²) in [6.45, 7) is 10.0.